The number of aromatic nitrogens is 2. The molecule has 0 radical (unpaired) electrons. The molecule has 3 aromatic rings. The van der Waals surface area contributed by atoms with E-state index in [1.165, 1.54) is 28.4 Å². The van der Waals surface area contributed by atoms with E-state index in [0.29, 0.717) is 32.9 Å². The lowest BCUT2D eigenvalue weighted by molar-refractivity contribution is 0.0996. The van der Waals surface area contributed by atoms with Gasteiger partial charge in [-0.25, -0.2) is 9.37 Å². The summed E-state index contributed by atoms with van der Waals surface area (Å²) in [4.78, 5) is 33.3. The quantitative estimate of drug-likeness (QED) is 0.672. The van der Waals surface area contributed by atoms with E-state index in [-0.39, 0.29) is 17.3 Å². The van der Waals surface area contributed by atoms with E-state index >= 15 is 0 Å². The van der Waals surface area contributed by atoms with Crippen LogP contribution in [0.1, 0.15) is 40.3 Å². The molecule has 1 aliphatic rings. The van der Waals surface area contributed by atoms with Crippen molar-refractivity contribution in [3.05, 3.63) is 56.7 Å². The number of carbonyl (C=O) groups is 1. The van der Waals surface area contributed by atoms with Gasteiger partial charge in [-0.3, -0.25) is 14.2 Å². The van der Waals surface area contributed by atoms with Gasteiger partial charge in [0.2, 0.25) is 0 Å². The monoisotopic (exact) mass is 385 g/mol. The number of halogens is 1. The molecule has 0 unspecified atom stereocenters. The highest BCUT2D eigenvalue weighted by molar-refractivity contribution is 7.20. The first-order valence-electron chi connectivity index (χ1n) is 9.04. The first-order valence-corrected chi connectivity index (χ1v) is 9.85. The molecule has 0 spiro atoms. The fraction of sp³-hybridized carbons (Fsp3) is 0.350. The molecule has 1 aliphatic heterocycles. The minimum Gasteiger partial charge on any atom is -0.311 e. The molecule has 0 N–H and O–H groups in total. The van der Waals surface area contributed by atoms with E-state index in [4.69, 9.17) is 4.98 Å². The summed E-state index contributed by atoms with van der Waals surface area (Å²) >= 11 is 1.26. The van der Waals surface area contributed by atoms with Crippen molar-refractivity contribution in [3.8, 4) is 0 Å². The Hall–Kier alpha value is -2.54. The Morgan fingerprint density at radius 2 is 1.96 bits per heavy atom. The Morgan fingerprint density at radius 1 is 1.22 bits per heavy atom. The van der Waals surface area contributed by atoms with Crippen LogP contribution in [0, 0.1) is 12.7 Å². The summed E-state index contributed by atoms with van der Waals surface area (Å²) in [7, 11) is 1.65. The van der Waals surface area contributed by atoms with E-state index in [9.17, 15) is 14.0 Å². The largest absolute Gasteiger partial charge is 0.311 e. The lowest BCUT2D eigenvalue weighted by Crippen LogP contribution is -2.26. The molecule has 2 aromatic heterocycles. The van der Waals surface area contributed by atoms with Crippen molar-refractivity contribution in [1.29, 1.82) is 0 Å². The number of fused-ring (bicyclic) bond motifs is 2. The Bertz CT molecular complexity index is 1090. The maximum absolute atomic E-state index is 13.2. The number of benzene rings is 1. The van der Waals surface area contributed by atoms with Crippen LogP contribution in [-0.4, -0.2) is 22.5 Å². The van der Waals surface area contributed by atoms with Crippen LogP contribution in [0.3, 0.4) is 0 Å². The Balaban J connectivity index is 1.79. The van der Waals surface area contributed by atoms with E-state index in [2.05, 4.69) is 0 Å². The summed E-state index contributed by atoms with van der Waals surface area (Å²) in [6, 6.07) is 5.76. The summed E-state index contributed by atoms with van der Waals surface area (Å²) < 4.78 is 14.9. The van der Waals surface area contributed by atoms with Gasteiger partial charge in [-0.2, -0.15) is 0 Å². The molecule has 4 rings (SSSR count). The Morgan fingerprint density at radius 3 is 2.70 bits per heavy atom. The fourth-order valence-corrected chi connectivity index (χ4v) is 4.71. The highest BCUT2D eigenvalue weighted by Gasteiger charge is 2.24. The zero-order chi connectivity index (χ0) is 19.1. The van der Waals surface area contributed by atoms with E-state index in [1.807, 2.05) is 0 Å². The second-order valence-corrected chi connectivity index (χ2v) is 7.87. The normalized spacial score (nSPS) is 14.0. The number of nitrogens with zero attached hydrogens (tertiary/aromatic N) is 3. The number of anilines is 1. The maximum atomic E-state index is 13.2. The number of aryl methyl sites for hydroxylation is 2. The predicted octanol–water partition coefficient (Wildman–Crippen LogP) is 3.91. The number of hydrogen-bond acceptors (Lipinski definition) is 4. The first kappa shape index (κ1) is 17.9. The minimum absolute atomic E-state index is 0.0471. The van der Waals surface area contributed by atoms with Gasteiger partial charge in [0.1, 0.15) is 16.5 Å². The zero-order valence-corrected chi connectivity index (χ0v) is 16.1. The van der Waals surface area contributed by atoms with E-state index in [1.54, 1.807) is 30.7 Å². The topological polar surface area (TPSA) is 55.2 Å². The van der Waals surface area contributed by atoms with E-state index < -0.39 is 0 Å². The van der Waals surface area contributed by atoms with Crippen LogP contribution in [0.15, 0.2) is 29.1 Å². The smallest absolute Gasteiger partial charge is 0.268 e. The van der Waals surface area contributed by atoms with Gasteiger partial charge in [0.15, 0.2) is 0 Å². The molecule has 140 valence electrons. The molecule has 1 aromatic carbocycles. The molecular formula is C20H20FN3O2S. The number of carbonyl (C=O) groups excluding carboxylic acids is 1. The molecular weight excluding hydrogens is 365 g/mol. The Kier molecular flexibility index (Phi) is 4.55. The molecule has 3 heterocycles. The molecule has 0 fully saturated rings. The SMILES string of the molecule is Cc1c(C(=O)N(C)c2ccc(F)cc2)sc2nc3n(c(=O)c12)CCCCC3. The van der Waals surface area contributed by atoms with Crippen LogP contribution < -0.4 is 10.5 Å². The molecule has 27 heavy (non-hydrogen) atoms. The third kappa shape index (κ3) is 3.06. The zero-order valence-electron chi connectivity index (χ0n) is 15.3. The number of rotatable bonds is 2. The van der Waals surface area contributed by atoms with Gasteiger partial charge in [0.25, 0.3) is 11.5 Å². The van der Waals surface area contributed by atoms with Gasteiger partial charge in [-0.1, -0.05) is 6.42 Å². The summed E-state index contributed by atoms with van der Waals surface area (Å²) in [5.41, 5.74) is 1.22. The molecule has 0 saturated carbocycles. The number of thiophene rings is 1. The third-order valence-corrected chi connectivity index (χ3v) is 6.30. The van der Waals surface area contributed by atoms with Gasteiger partial charge in [-0.15, -0.1) is 11.3 Å². The van der Waals surface area contributed by atoms with Crippen molar-refractivity contribution in [2.45, 2.75) is 39.2 Å². The van der Waals surface area contributed by atoms with Gasteiger partial charge in [-0.05, 0) is 49.6 Å². The average Bonchev–Trinajstić information content (AvgIpc) is 2.83. The van der Waals surface area contributed by atoms with Crippen molar-refractivity contribution >= 4 is 33.1 Å². The summed E-state index contributed by atoms with van der Waals surface area (Å²) in [6.07, 6.45) is 3.90. The summed E-state index contributed by atoms with van der Waals surface area (Å²) in [6.45, 7) is 2.49. The highest BCUT2D eigenvalue weighted by atomic mass is 32.1. The van der Waals surface area contributed by atoms with Crippen LogP contribution in [0.25, 0.3) is 10.2 Å². The van der Waals surface area contributed by atoms with Crippen LogP contribution in [0.4, 0.5) is 10.1 Å². The lowest BCUT2D eigenvalue weighted by Gasteiger charge is -2.16. The van der Waals surface area contributed by atoms with Crippen LogP contribution >= 0.6 is 11.3 Å². The molecule has 7 heteroatoms. The van der Waals surface area contributed by atoms with Crippen molar-refractivity contribution in [3.63, 3.8) is 0 Å². The second-order valence-electron chi connectivity index (χ2n) is 6.87. The van der Waals surface area contributed by atoms with Crippen LogP contribution in [0.2, 0.25) is 0 Å². The highest BCUT2D eigenvalue weighted by Crippen LogP contribution is 2.30. The molecule has 0 aliphatic carbocycles. The van der Waals surface area contributed by atoms with Crippen molar-refractivity contribution < 1.29 is 9.18 Å². The Labute approximate surface area is 160 Å². The maximum Gasteiger partial charge on any atom is 0.268 e. The average molecular weight is 385 g/mol. The molecule has 0 saturated heterocycles. The van der Waals surface area contributed by atoms with Gasteiger partial charge < -0.3 is 4.90 Å². The minimum atomic E-state index is -0.351. The second kappa shape index (κ2) is 6.88. The number of hydrogen-bond donors (Lipinski definition) is 0. The fourth-order valence-electron chi connectivity index (χ4n) is 3.55. The first-order chi connectivity index (χ1) is 13.0. The summed E-state index contributed by atoms with van der Waals surface area (Å²) in [5, 5.41) is 0.543. The van der Waals surface area contributed by atoms with Crippen molar-refractivity contribution in [1.82, 2.24) is 9.55 Å². The van der Waals surface area contributed by atoms with Crippen LogP contribution in [0.5, 0.6) is 0 Å². The van der Waals surface area contributed by atoms with Gasteiger partial charge in [0.05, 0.1) is 10.3 Å². The van der Waals surface area contributed by atoms with Crippen molar-refractivity contribution in [2.75, 3.05) is 11.9 Å². The van der Waals surface area contributed by atoms with Crippen molar-refractivity contribution in [2.24, 2.45) is 0 Å². The lowest BCUT2D eigenvalue weighted by atomic mass is 10.2. The molecule has 5 nitrogen and oxygen atoms in total. The van der Waals surface area contributed by atoms with E-state index in [0.717, 1.165) is 31.5 Å². The molecule has 0 bridgehead atoms. The predicted molar refractivity (Wildman–Crippen MR) is 105 cm³/mol. The number of amides is 1. The standard InChI is InChI=1S/C20H20FN3O2S/c1-12-16-18(22-15-6-4-3-5-11-24(15)19(16)25)27-17(12)20(26)23(2)14-9-7-13(21)8-10-14/h7-10H,3-6,11H2,1-2H3. The molecule has 1 amide bonds. The third-order valence-electron chi connectivity index (χ3n) is 5.12. The summed E-state index contributed by atoms with van der Waals surface area (Å²) in [5.74, 6) is 0.246. The van der Waals surface area contributed by atoms with Gasteiger partial charge in [0, 0.05) is 25.7 Å². The van der Waals surface area contributed by atoms with Crippen LogP contribution in [-0.2, 0) is 13.0 Å². The molecule has 0 atom stereocenters. The van der Waals surface area contributed by atoms with Gasteiger partial charge >= 0.3 is 0 Å².